The molecule has 1 aliphatic rings. The number of aliphatic hydroxyl groups is 1. The van der Waals surface area contributed by atoms with Gasteiger partial charge >= 0.3 is 0 Å². The average molecular weight is 376 g/mol. The normalized spacial score (nSPS) is 13.2. The fraction of sp³-hybridized carbons (Fsp3) is 0.182. The molecule has 1 aliphatic heterocycles. The Morgan fingerprint density at radius 3 is 2.75 bits per heavy atom. The molecule has 0 saturated heterocycles. The third-order valence-electron chi connectivity index (χ3n) is 4.99. The van der Waals surface area contributed by atoms with E-state index in [-0.39, 0.29) is 29.6 Å². The van der Waals surface area contributed by atoms with E-state index in [0.29, 0.717) is 6.54 Å². The van der Waals surface area contributed by atoms with Crippen molar-refractivity contribution < 1.29 is 20.1 Å². The summed E-state index contributed by atoms with van der Waals surface area (Å²) >= 11 is 0. The molecule has 3 aromatic rings. The Labute approximate surface area is 162 Å². The molecule has 1 amide bonds. The fourth-order valence-corrected chi connectivity index (χ4v) is 3.63. The van der Waals surface area contributed by atoms with Gasteiger partial charge in [-0.05, 0) is 48.7 Å². The number of amides is 1. The highest BCUT2D eigenvalue weighted by Crippen LogP contribution is 2.34. The first-order valence-electron chi connectivity index (χ1n) is 9.10. The summed E-state index contributed by atoms with van der Waals surface area (Å²) in [5, 5.41) is 29.1. The number of anilines is 1. The van der Waals surface area contributed by atoms with Crippen LogP contribution in [0, 0.1) is 0 Å². The monoisotopic (exact) mass is 376 g/mol. The van der Waals surface area contributed by atoms with Crippen LogP contribution in [0.4, 0.5) is 5.69 Å². The molecule has 0 radical (unpaired) electrons. The first kappa shape index (κ1) is 18.0. The molecule has 2 aromatic carbocycles. The Hall–Kier alpha value is -3.38. The molecule has 0 bridgehead atoms. The number of phenols is 2. The maximum atomic E-state index is 13.0. The zero-order chi connectivity index (χ0) is 19.7. The lowest BCUT2D eigenvalue weighted by Crippen LogP contribution is -2.35. The molecular formula is C22H20N2O4. The number of hydrogen-bond acceptors (Lipinski definition) is 5. The van der Waals surface area contributed by atoms with Crippen molar-refractivity contribution in [2.45, 2.75) is 19.4 Å². The van der Waals surface area contributed by atoms with Crippen LogP contribution in [0.2, 0.25) is 0 Å². The maximum Gasteiger partial charge on any atom is 0.262 e. The van der Waals surface area contributed by atoms with E-state index in [1.807, 2.05) is 24.3 Å². The number of carbonyl (C=O) groups excluding carboxylic acids is 1. The summed E-state index contributed by atoms with van der Waals surface area (Å²) in [5.74, 6) is -0.636. The van der Waals surface area contributed by atoms with Gasteiger partial charge in [-0.25, -0.2) is 0 Å². The lowest BCUT2D eigenvalue weighted by Gasteiger charge is -2.30. The zero-order valence-electron chi connectivity index (χ0n) is 15.2. The van der Waals surface area contributed by atoms with Gasteiger partial charge in [-0.15, -0.1) is 0 Å². The molecule has 142 valence electrons. The van der Waals surface area contributed by atoms with Crippen LogP contribution in [0.15, 0.2) is 54.7 Å². The Bertz CT molecular complexity index is 1050. The van der Waals surface area contributed by atoms with Gasteiger partial charge in [-0.1, -0.05) is 12.1 Å². The minimum absolute atomic E-state index is 0.0900. The highest BCUT2D eigenvalue weighted by molar-refractivity contribution is 6.08. The van der Waals surface area contributed by atoms with E-state index in [9.17, 15) is 20.1 Å². The topological polar surface area (TPSA) is 93.9 Å². The number of nitrogens with zero attached hydrogens (tertiary/aromatic N) is 2. The van der Waals surface area contributed by atoms with Crippen LogP contribution in [0.3, 0.4) is 0 Å². The van der Waals surface area contributed by atoms with Crippen molar-refractivity contribution in [1.29, 1.82) is 0 Å². The van der Waals surface area contributed by atoms with E-state index in [1.54, 1.807) is 17.2 Å². The second-order valence-electron chi connectivity index (χ2n) is 6.77. The highest BCUT2D eigenvalue weighted by atomic mass is 16.3. The van der Waals surface area contributed by atoms with Gasteiger partial charge in [0.05, 0.1) is 17.9 Å². The number of aromatic hydroxyl groups is 2. The molecule has 0 atom stereocenters. The predicted octanol–water partition coefficient (Wildman–Crippen LogP) is 3.25. The fourth-order valence-electron chi connectivity index (χ4n) is 3.63. The van der Waals surface area contributed by atoms with Gasteiger partial charge in [-0.2, -0.15) is 0 Å². The van der Waals surface area contributed by atoms with Gasteiger partial charge in [0.1, 0.15) is 11.5 Å². The second-order valence-corrected chi connectivity index (χ2v) is 6.77. The van der Waals surface area contributed by atoms with E-state index in [1.165, 1.54) is 18.2 Å². The summed E-state index contributed by atoms with van der Waals surface area (Å²) in [5.41, 5.74) is 4.35. The number of carbonyl (C=O) groups is 1. The van der Waals surface area contributed by atoms with Gasteiger partial charge in [0.25, 0.3) is 5.91 Å². The van der Waals surface area contributed by atoms with E-state index >= 15 is 0 Å². The van der Waals surface area contributed by atoms with Gasteiger partial charge in [0.15, 0.2) is 0 Å². The molecule has 1 aromatic heterocycles. The van der Waals surface area contributed by atoms with Gasteiger partial charge < -0.3 is 20.2 Å². The minimum Gasteiger partial charge on any atom is -0.508 e. The quantitative estimate of drug-likeness (QED) is 0.652. The van der Waals surface area contributed by atoms with Crippen LogP contribution in [0.25, 0.3) is 11.3 Å². The standard InChI is InChI=1S/C22H20N2O4/c25-13-16-3-1-9-23-21(16)15-5-8-19-14(11-15)4-2-10-24(19)22(28)18-7-6-17(26)12-20(18)27/h1,3,5-9,11-12,25-27H,2,4,10,13H2. The summed E-state index contributed by atoms with van der Waals surface area (Å²) < 4.78 is 0. The summed E-state index contributed by atoms with van der Waals surface area (Å²) in [6.07, 6.45) is 3.32. The molecule has 0 aliphatic carbocycles. The first-order valence-corrected chi connectivity index (χ1v) is 9.10. The van der Waals surface area contributed by atoms with Crippen molar-refractivity contribution in [1.82, 2.24) is 4.98 Å². The maximum absolute atomic E-state index is 13.0. The highest BCUT2D eigenvalue weighted by Gasteiger charge is 2.26. The number of benzene rings is 2. The molecule has 0 unspecified atom stereocenters. The zero-order valence-corrected chi connectivity index (χ0v) is 15.2. The smallest absolute Gasteiger partial charge is 0.262 e. The number of phenolic OH excluding ortho intramolecular Hbond substituents is 2. The van der Waals surface area contributed by atoms with E-state index in [0.717, 1.165) is 40.9 Å². The molecular weight excluding hydrogens is 356 g/mol. The summed E-state index contributed by atoms with van der Waals surface area (Å²) in [7, 11) is 0. The lowest BCUT2D eigenvalue weighted by molar-refractivity contribution is 0.0982. The number of aromatic nitrogens is 1. The molecule has 0 spiro atoms. The molecule has 0 saturated carbocycles. The van der Waals surface area contributed by atoms with Crippen LogP contribution in [-0.4, -0.2) is 32.8 Å². The van der Waals surface area contributed by atoms with Crippen LogP contribution >= 0.6 is 0 Å². The van der Waals surface area contributed by atoms with Crippen LogP contribution < -0.4 is 4.90 Å². The summed E-state index contributed by atoms with van der Waals surface area (Å²) in [6.45, 7) is 0.460. The Balaban J connectivity index is 1.71. The van der Waals surface area contributed by atoms with E-state index < -0.39 is 0 Å². The van der Waals surface area contributed by atoms with Gasteiger partial charge in [0, 0.05) is 35.6 Å². The van der Waals surface area contributed by atoms with Crippen molar-refractivity contribution in [3.05, 3.63) is 71.4 Å². The minimum atomic E-state index is -0.305. The number of pyridine rings is 1. The van der Waals surface area contributed by atoms with Crippen LogP contribution in [0.5, 0.6) is 11.5 Å². The largest absolute Gasteiger partial charge is 0.508 e. The third kappa shape index (κ3) is 3.18. The SMILES string of the molecule is O=C(c1ccc(O)cc1O)N1CCCc2cc(-c3ncccc3CO)ccc21. The lowest BCUT2D eigenvalue weighted by atomic mass is 9.96. The Morgan fingerprint density at radius 1 is 1.11 bits per heavy atom. The van der Waals surface area contributed by atoms with Crippen molar-refractivity contribution >= 4 is 11.6 Å². The molecule has 3 N–H and O–H groups in total. The number of rotatable bonds is 3. The van der Waals surface area contributed by atoms with Crippen molar-refractivity contribution in [3.8, 4) is 22.8 Å². The predicted molar refractivity (Wildman–Crippen MR) is 105 cm³/mol. The number of hydrogen-bond donors (Lipinski definition) is 3. The Kier molecular flexibility index (Phi) is 4.71. The van der Waals surface area contributed by atoms with Gasteiger partial charge in [0.2, 0.25) is 0 Å². The van der Waals surface area contributed by atoms with Crippen LogP contribution in [0.1, 0.15) is 27.9 Å². The van der Waals surface area contributed by atoms with Crippen LogP contribution in [-0.2, 0) is 13.0 Å². The number of aliphatic hydroxyl groups excluding tert-OH is 1. The summed E-state index contributed by atoms with van der Waals surface area (Å²) in [4.78, 5) is 19.0. The van der Waals surface area contributed by atoms with E-state index in [4.69, 9.17) is 0 Å². The number of aryl methyl sites for hydroxylation is 1. The van der Waals surface area contributed by atoms with E-state index in [2.05, 4.69) is 4.98 Å². The third-order valence-corrected chi connectivity index (χ3v) is 4.99. The molecule has 4 rings (SSSR count). The molecule has 6 heteroatoms. The molecule has 2 heterocycles. The van der Waals surface area contributed by atoms with Gasteiger partial charge in [-0.3, -0.25) is 9.78 Å². The average Bonchev–Trinajstić information content (AvgIpc) is 2.72. The summed E-state index contributed by atoms with van der Waals surface area (Å²) in [6, 6.07) is 13.4. The Morgan fingerprint density at radius 2 is 1.96 bits per heavy atom. The second kappa shape index (κ2) is 7.32. The number of fused-ring (bicyclic) bond motifs is 1. The molecule has 0 fully saturated rings. The van der Waals surface area contributed by atoms with Crippen molar-refractivity contribution in [2.75, 3.05) is 11.4 Å². The molecule has 6 nitrogen and oxygen atoms in total. The first-order chi connectivity index (χ1) is 13.6. The van der Waals surface area contributed by atoms with Crippen molar-refractivity contribution in [2.24, 2.45) is 0 Å². The van der Waals surface area contributed by atoms with Crippen molar-refractivity contribution in [3.63, 3.8) is 0 Å². The molecule has 28 heavy (non-hydrogen) atoms.